The molecule has 1 aromatic rings. The molecule has 72 valence electrons. The van der Waals surface area contributed by atoms with Gasteiger partial charge in [-0.05, 0) is 24.1 Å². The van der Waals surface area contributed by atoms with Crippen LogP contribution < -0.4 is 0 Å². The first-order chi connectivity index (χ1) is 6.79. The third kappa shape index (κ3) is 2.71. The van der Waals surface area contributed by atoms with Gasteiger partial charge in [0.1, 0.15) is 0 Å². The zero-order valence-corrected chi connectivity index (χ0v) is 9.79. The van der Waals surface area contributed by atoms with Gasteiger partial charge in [0.2, 0.25) is 0 Å². The lowest BCUT2D eigenvalue weighted by Crippen LogP contribution is -1.81. The quantitative estimate of drug-likeness (QED) is 0.687. The fraction of sp³-hybridized carbons (Fsp3) is 0.0769. The number of allylic oxidation sites excluding steroid dienone is 5. The molecule has 0 aromatic heterocycles. The van der Waals surface area contributed by atoms with Gasteiger partial charge in [-0.1, -0.05) is 65.0 Å². The lowest BCUT2D eigenvalue weighted by molar-refractivity contribution is 1.57. The molecule has 14 heavy (non-hydrogen) atoms. The van der Waals surface area contributed by atoms with E-state index >= 15 is 0 Å². The van der Waals surface area contributed by atoms with E-state index in [-0.39, 0.29) is 0 Å². The number of hydrogen-bond donors (Lipinski definition) is 0. The second kappa shape index (κ2) is 5.61. The highest BCUT2D eigenvalue weighted by molar-refractivity contribution is 9.10. The van der Waals surface area contributed by atoms with E-state index in [4.69, 9.17) is 0 Å². The van der Waals surface area contributed by atoms with Crippen LogP contribution in [0.1, 0.15) is 12.5 Å². The van der Waals surface area contributed by atoms with Crippen LogP contribution in [0.5, 0.6) is 0 Å². The van der Waals surface area contributed by atoms with Crippen molar-refractivity contribution in [1.82, 2.24) is 0 Å². The molecule has 0 fully saturated rings. The second-order valence-electron chi connectivity index (χ2n) is 2.83. The highest BCUT2D eigenvalue weighted by atomic mass is 79.9. The average Bonchev–Trinajstić information content (AvgIpc) is 2.21. The van der Waals surface area contributed by atoms with Crippen LogP contribution in [0.4, 0.5) is 0 Å². The van der Waals surface area contributed by atoms with Gasteiger partial charge in [0.05, 0.1) is 0 Å². The standard InChI is InChI=1S/C13H13Br/c1-3-5-8-11(4-2)12-9-6-7-10-13(12)14/h3-10H,2H2,1H3/b5-3-,11-8+. The monoisotopic (exact) mass is 248 g/mol. The molecule has 0 aliphatic heterocycles. The van der Waals surface area contributed by atoms with Gasteiger partial charge in [-0.3, -0.25) is 0 Å². The van der Waals surface area contributed by atoms with Crippen molar-refractivity contribution in [3.63, 3.8) is 0 Å². The van der Waals surface area contributed by atoms with Gasteiger partial charge in [-0.2, -0.15) is 0 Å². The van der Waals surface area contributed by atoms with E-state index in [2.05, 4.69) is 28.6 Å². The van der Waals surface area contributed by atoms with Crippen LogP contribution in [0, 0.1) is 0 Å². The van der Waals surface area contributed by atoms with Crippen LogP contribution in [0.2, 0.25) is 0 Å². The van der Waals surface area contributed by atoms with Gasteiger partial charge in [-0.15, -0.1) is 0 Å². The summed E-state index contributed by atoms with van der Waals surface area (Å²) in [5.74, 6) is 0. The van der Waals surface area contributed by atoms with Crippen molar-refractivity contribution in [3.05, 3.63) is 65.2 Å². The summed E-state index contributed by atoms with van der Waals surface area (Å²) in [4.78, 5) is 0. The summed E-state index contributed by atoms with van der Waals surface area (Å²) in [6.07, 6.45) is 7.92. The molecule has 1 heteroatoms. The summed E-state index contributed by atoms with van der Waals surface area (Å²) >= 11 is 3.52. The molecule has 0 nitrogen and oxygen atoms in total. The van der Waals surface area contributed by atoms with E-state index in [1.807, 2.05) is 49.4 Å². The lowest BCUT2D eigenvalue weighted by Gasteiger charge is -2.03. The highest BCUT2D eigenvalue weighted by Gasteiger charge is 1.99. The Labute approximate surface area is 93.8 Å². The molecule has 0 saturated heterocycles. The summed E-state index contributed by atoms with van der Waals surface area (Å²) in [6.45, 7) is 5.81. The third-order valence-corrected chi connectivity index (χ3v) is 2.56. The van der Waals surface area contributed by atoms with E-state index < -0.39 is 0 Å². The molecule has 0 unspecified atom stereocenters. The molecular formula is C13H13Br. The van der Waals surface area contributed by atoms with Crippen molar-refractivity contribution in [2.45, 2.75) is 6.92 Å². The minimum Gasteiger partial charge on any atom is -0.0984 e. The lowest BCUT2D eigenvalue weighted by atomic mass is 10.1. The molecule has 0 aliphatic rings. The van der Waals surface area contributed by atoms with Crippen molar-refractivity contribution in [3.8, 4) is 0 Å². The van der Waals surface area contributed by atoms with Crippen LogP contribution in [-0.2, 0) is 0 Å². The Kier molecular flexibility index (Phi) is 4.41. The van der Waals surface area contributed by atoms with Crippen molar-refractivity contribution in [2.75, 3.05) is 0 Å². The molecule has 0 amide bonds. The first-order valence-electron chi connectivity index (χ1n) is 4.50. The first kappa shape index (κ1) is 11.0. The zero-order chi connectivity index (χ0) is 10.4. The molecule has 0 saturated carbocycles. The molecule has 0 aliphatic carbocycles. The fourth-order valence-electron chi connectivity index (χ4n) is 1.16. The molecule has 0 spiro atoms. The largest absolute Gasteiger partial charge is 0.0984 e. The van der Waals surface area contributed by atoms with Gasteiger partial charge < -0.3 is 0 Å². The number of benzene rings is 1. The molecule has 0 bridgehead atoms. The van der Waals surface area contributed by atoms with Crippen molar-refractivity contribution >= 4 is 21.5 Å². The number of rotatable bonds is 3. The van der Waals surface area contributed by atoms with Crippen molar-refractivity contribution in [1.29, 1.82) is 0 Å². The number of hydrogen-bond acceptors (Lipinski definition) is 0. The maximum absolute atomic E-state index is 3.81. The maximum Gasteiger partial charge on any atom is 0.0253 e. The Balaban J connectivity index is 3.13. The molecule has 1 rings (SSSR count). The van der Waals surface area contributed by atoms with Gasteiger partial charge in [-0.25, -0.2) is 0 Å². The van der Waals surface area contributed by atoms with Crippen LogP contribution in [0.15, 0.2) is 59.6 Å². The van der Waals surface area contributed by atoms with Crippen molar-refractivity contribution < 1.29 is 0 Å². The molecule has 0 heterocycles. The van der Waals surface area contributed by atoms with Crippen LogP contribution >= 0.6 is 15.9 Å². The topological polar surface area (TPSA) is 0 Å². The van der Waals surface area contributed by atoms with E-state index in [0.29, 0.717) is 0 Å². The minimum absolute atomic E-state index is 1.09. The molecular weight excluding hydrogens is 236 g/mol. The summed E-state index contributed by atoms with van der Waals surface area (Å²) in [7, 11) is 0. The SMILES string of the molecule is C=C/C(=C\C=C/C)c1ccccc1Br. The van der Waals surface area contributed by atoms with Crippen LogP contribution in [0.25, 0.3) is 5.57 Å². The predicted molar refractivity (Wildman–Crippen MR) is 67.1 cm³/mol. The molecule has 1 aromatic carbocycles. The average molecular weight is 249 g/mol. The number of halogens is 1. The van der Waals surface area contributed by atoms with Crippen molar-refractivity contribution in [2.24, 2.45) is 0 Å². The summed E-state index contributed by atoms with van der Waals surface area (Å²) in [5, 5.41) is 0. The van der Waals surface area contributed by atoms with E-state index in [0.717, 1.165) is 10.0 Å². The van der Waals surface area contributed by atoms with Gasteiger partial charge in [0.15, 0.2) is 0 Å². The van der Waals surface area contributed by atoms with Gasteiger partial charge >= 0.3 is 0 Å². The molecule has 0 radical (unpaired) electrons. The van der Waals surface area contributed by atoms with Gasteiger partial charge in [0, 0.05) is 4.47 Å². The van der Waals surface area contributed by atoms with Crippen LogP contribution in [0.3, 0.4) is 0 Å². The normalized spacial score (nSPS) is 12.0. The van der Waals surface area contributed by atoms with E-state index in [1.165, 1.54) is 5.56 Å². The summed E-state index contributed by atoms with van der Waals surface area (Å²) in [6, 6.07) is 8.13. The Morgan fingerprint density at radius 2 is 2.07 bits per heavy atom. The predicted octanol–water partition coefficient (Wildman–Crippen LogP) is 4.59. The summed E-state index contributed by atoms with van der Waals surface area (Å²) in [5.41, 5.74) is 2.29. The fourth-order valence-corrected chi connectivity index (χ4v) is 1.68. The highest BCUT2D eigenvalue weighted by Crippen LogP contribution is 2.24. The Bertz CT molecular complexity index is 373. The first-order valence-corrected chi connectivity index (χ1v) is 5.29. The minimum atomic E-state index is 1.09. The summed E-state index contributed by atoms with van der Waals surface area (Å²) < 4.78 is 1.09. The molecule has 0 atom stereocenters. The van der Waals surface area contributed by atoms with E-state index in [9.17, 15) is 0 Å². The van der Waals surface area contributed by atoms with Crippen LogP contribution in [-0.4, -0.2) is 0 Å². The Morgan fingerprint density at radius 3 is 2.64 bits per heavy atom. The molecule has 0 N–H and O–H groups in total. The van der Waals surface area contributed by atoms with Gasteiger partial charge in [0.25, 0.3) is 0 Å². The Morgan fingerprint density at radius 1 is 1.36 bits per heavy atom. The second-order valence-corrected chi connectivity index (χ2v) is 3.69. The third-order valence-electron chi connectivity index (χ3n) is 1.87. The van der Waals surface area contributed by atoms with E-state index in [1.54, 1.807) is 0 Å². The Hall–Kier alpha value is -1.08. The smallest absolute Gasteiger partial charge is 0.0253 e. The zero-order valence-electron chi connectivity index (χ0n) is 8.20. The maximum atomic E-state index is 3.81.